The van der Waals surface area contributed by atoms with Gasteiger partial charge in [0.05, 0.1) is 11.6 Å². The summed E-state index contributed by atoms with van der Waals surface area (Å²) < 4.78 is 17.5. The Morgan fingerprint density at radius 2 is 1.35 bits per heavy atom. The van der Waals surface area contributed by atoms with Crippen molar-refractivity contribution in [3.63, 3.8) is 0 Å². The third-order valence-electron chi connectivity index (χ3n) is 6.10. The molecule has 1 radical (unpaired) electrons. The second kappa shape index (κ2) is 5.45. The van der Waals surface area contributed by atoms with E-state index in [0.29, 0.717) is 19.5 Å². The maximum atomic E-state index is 13.7. The molecule has 3 aliphatic heterocycles. The zero-order chi connectivity index (χ0) is 19.9. The Labute approximate surface area is 156 Å². The SMILES string of the molecule is CC1(C)CC(NC(=O)NP(=O)(N2CC2(C)C)N2CC2(C)C)C(C)(C)N1[O]. The van der Waals surface area contributed by atoms with Crippen LogP contribution in [0.1, 0.15) is 61.8 Å². The lowest BCUT2D eigenvalue weighted by Gasteiger charge is -2.34. The molecule has 0 saturated carbocycles. The van der Waals surface area contributed by atoms with E-state index in [1.165, 1.54) is 0 Å². The zero-order valence-electron chi connectivity index (χ0n) is 17.2. The third kappa shape index (κ3) is 3.10. The fourth-order valence-corrected chi connectivity index (χ4v) is 7.52. The molecule has 0 aromatic heterocycles. The monoisotopic (exact) mass is 386 g/mol. The van der Waals surface area contributed by atoms with Crippen molar-refractivity contribution in [1.29, 1.82) is 0 Å². The van der Waals surface area contributed by atoms with E-state index in [4.69, 9.17) is 0 Å². The maximum absolute atomic E-state index is 13.7. The molecule has 0 bridgehead atoms. The smallest absolute Gasteiger partial charge is 0.322 e. The first-order valence-electron chi connectivity index (χ1n) is 9.27. The molecule has 26 heavy (non-hydrogen) atoms. The maximum Gasteiger partial charge on any atom is 0.322 e. The Morgan fingerprint density at radius 3 is 1.65 bits per heavy atom. The van der Waals surface area contributed by atoms with Gasteiger partial charge in [-0.25, -0.2) is 14.1 Å². The molecule has 3 atom stereocenters. The number of nitrogens with zero attached hydrogens (tertiary/aromatic N) is 3. The topological polar surface area (TPSA) is 87.4 Å². The molecular weight excluding hydrogens is 353 g/mol. The van der Waals surface area contributed by atoms with Gasteiger partial charge in [0, 0.05) is 29.7 Å². The highest BCUT2D eigenvalue weighted by atomic mass is 31.2. The summed E-state index contributed by atoms with van der Waals surface area (Å²) in [4.78, 5) is 12.7. The zero-order valence-corrected chi connectivity index (χ0v) is 18.1. The number of hydroxylamine groups is 2. The van der Waals surface area contributed by atoms with Gasteiger partial charge in [0.1, 0.15) is 0 Å². The van der Waals surface area contributed by atoms with Crippen molar-refractivity contribution in [2.75, 3.05) is 13.1 Å². The van der Waals surface area contributed by atoms with Gasteiger partial charge in [0.25, 0.3) is 0 Å². The third-order valence-corrected chi connectivity index (χ3v) is 9.27. The normalized spacial score (nSPS) is 38.3. The minimum atomic E-state index is -3.17. The van der Waals surface area contributed by atoms with E-state index in [-0.39, 0.29) is 17.1 Å². The second-order valence-electron chi connectivity index (χ2n) is 10.4. The number of carbonyl (C=O) groups excluding carboxylic acids is 1. The van der Waals surface area contributed by atoms with Crippen LogP contribution in [0.2, 0.25) is 0 Å². The van der Waals surface area contributed by atoms with Crippen molar-refractivity contribution < 1.29 is 14.6 Å². The molecule has 9 heteroatoms. The van der Waals surface area contributed by atoms with Crippen molar-refractivity contribution in [2.24, 2.45) is 0 Å². The lowest BCUT2D eigenvalue weighted by molar-refractivity contribution is -0.245. The number of nitrogens with one attached hydrogen (secondary N) is 2. The van der Waals surface area contributed by atoms with E-state index in [2.05, 4.69) is 10.4 Å². The molecule has 0 aliphatic carbocycles. The molecule has 3 aliphatic rings. The summed E-state index contributed by atoms with van der Waals surface area (Å²) in [7, 11) is -3.17. The molecule has 0 aromatic carbocycles. The van der Waals surface area contributed by atoms with E-state index in [1.807, 2.05) is 64.7 Å². The van der Waals surface area contributed by atoms with Crippen molar-refractivity contribution >= 4 is 13.6 Å². The van der Waals surface area contributed by atoms with Crippen molar-refractivity contribution in [3.8, 4) is 0 Å². The number of amides is 2. The van der Waals surface area contributed by atoms with Crippen LogP contribution in [-0.2, 0) is 9.77 Å². The summed E-state index contributed by atoms with van der Waals surface area (Å²) in [5.74, 6) is 0. The number of hydrogen-bond donors (Lipinski definition) is 2. The summed E-state index contributed by atoms with van der Waals surface area (Å²) in [6, 6.07) is -0.782. The fourth-order valence-electron chi connectivity index (χ4n) is 4.14. The number of carbonyl (C=O) groups is 1. The number of rotatable bonds is 4. The number of urea groups is 1. The summed E-state index contributed by atoms with van der Waals surface area (Å²) in [5, 5.41) is 19.3. The van der Waals surface area contributed by atoms with Crippen LogP contribution in [0.25, 0.3) is 0 Å². The Morgan fingerprint density at radius 1 is 0.923 bits per heavy atom. The van der Waals surface area contributed by atoms with Crippen LogP contribution < -0.4 is 10.4 Å². The minimum absolute atomic E-state index is 0.179. The van der Waals surface area contributed by atoms with Crippen LogP contribution in [0, 0.1) is 0 Å². The quantitative estimate of drug-likeness (QED) is 0.573. The summed E-state index contributed by atoms with van der Waals surface area (Å²) in [6.45, 7) is 16.9. The predicted molar refractivity (Wildman–Crippen MR) is 99.9 cm³/mol. The molecule has 3 rings (SSSR count). The van der Waals surface area contributed by atoms with Crippen LogP contribution in [0.5, 0.6) is 0 Å². The molecule has 2 amide bonds. The molecule has 149 valence electrons. The highest BCUT2D eigenvalue weighted by Crippen LogP contribution is 2.67. The van der Waals surface area contributed by atoms with Crippen molar-refractivity contribution in [3.05, 3.63) is 0 Å². The molecule has 2 N–H and O–H groups in total. The Hall–Kier alpha value is -0.660. The molecule has 0 aromatic rings. The average molecular weight is 386 g/mol. The van der Waals surface area contributed by atoms with Crippen LogP contribution in [0.15, 0.2) is 0 Å². The van der Waals surface area contributed by atoms with Gasteiger partial charge >= 0.3 is 13.6 Å². The van der Waals surface area contributed by atoms with E-state index in [0.717, 1.165) is 5.06 Å². The molecular formula is C17H33N5O3P. The van der Waals surface area contributed by atoms with Crippen LogP contribution in [0.3, 0.4) is 0 Å². The standard InChI is InChI=1S/C17H33N5O3P/c1-14(2)9-12(17(7,8)22(14)24)18-13(23)19-26(25,20-10-15(20,3)4)21-11-16(21,5)6/h12H,9-11H2,1-8H3,(H2,18,19,23,25). The molecule has 3 heterocycles. The Balaban J connectivity index is 1.73. The average Bonchev–Trinajstić information content (AvgIpc) is 3.29. The van der Waals surface area contributed by atoms with Crippen molar-refractivity contribution in [2.45, 2.75) is 90.0 Å². The van der Waals surface area contributed by atoms with Gasteiger partial charge in [-0.3, -0.25) is 9.65 Å². The fraction of sp³-hybridized carbons (Fsp3) is 0.941. The molecule has 0 spiro atoms. The first-order valence-corrected chi connectivity index (χ1v) is 10.9. The van der Waals surface area contributed by atoms with Gasteiger partial charge in [0.15, 0.2) is 0 Å². The predicted octanol–water partition coefficient (Wildman–Crippen LogP) is 2.56. The number of hydrogen-bond acceptors (Lipinski definition) is 3. The van der Waals surface area contributed by atoms with Crippen LogP contribution >= 0.6 is 7.59 Å². The first kappa shape index (κ1) is 20.1. The minimum Gasteiger partial charge on any atom is -0.333 e. The van der Waals surface area contributed by atoms with Gasteiger partial charge in [-0.05, 0) is 61.8 Å². The molecule has 3 saturated heterocycles. The highest BCUT2D eigenvalue weighted by molar-refractivity contribution is 7.58. The van der Waals surface area contributed by atoms with Gasteiger partial charge in [-0.2, -0.15) is 0 Å². The van der Waals surface area contributed by atoms with E-state index < -0.39 is 24.7 Å². The highest BCUT2D eigenvalue weighted by Gasteiger charge is 2.65. The Bertz CT molecular complexity index is 649. The first-order chi connectivity index (χ1) is 11.5. The van der Waals surface area contributed by atoms with Crippen LogP contribution in [-0.4, -0.2) is 61.7 Å². The summed E-state index contributed by atoms with van der Waals surface area (Å²) in [6.07, 6.45) is 0.547. The largest absolute Gasteiger partial charge is 0.333 e. The van der Waals surface area contributed by atoms with Gasteiger partial charge in [-0.15, -0.1) is 10.3 Å². The molecule has 3 unspecified atom stereocenters. The van der Waals surface area contributed by atoms with Gasteiger partial charge in [-0.1, -0.05) is 0 Å². The van der Waals surface area contributed by atoms with Gasteiger partial charge in [0.2, 0.25) is 0 Å². The summed E-state index contributed by atoms with van der Waals surface area (Å²) in [5.41, 5.74) is -1.62. The van der Waals surface area contributed by atoms with Gasteiger partial charge < -0.3 is 5.32 Å². The molecule has 8 nitrogen and oxygen atoms in total. The summed E-state index contributed by atoms with van der Waals surface area (Å²) >= 11 is 0. The second-order valence-corrected chi connectivity index (χ2v) is 12.7. The van der Waals surface area contributed by atoms with Crippen molar-refractivity contribution in [1.82, 2.24) is 24.8 Å². The lowest BCUT2D eigenvalue weighted by Crippen LogP contribution is -2.54. The van der Waals surface area contributed by atoms with Crippen LogP contribution in [0.4, 0.5) is 4.79 Å². The lowest BCUT2D eigenvalue weighted by atomic mass is 9.94. The van der Waals surface area contributed by atoms with E-state index >= 15 is 0 Å². The van der Waals surface area contributed by atoms with E-state index in [1.54, 1.807) is 0 Å². The van der Waals surface area contributed by atoms with E-state index in [9.17, 15) is 14.6 Å². The Kier molecular flexibility index (Phi) is 4.21. The molecule has 3 fully saturated rings.